The minimum absolute atomic E-state index is 0.00545. The molecule has 0 aliphatic carbocycles. The van der Waals surface area contributed by atoms with E-state index >= 15 is 0 Å². The smallest absolute Gasteiger partial charge is 0.251 e. The lowest BCUT2D eigenvalue weighted by molar-refractivity contribution is -0.137. The van der Waals surface area contributed by atoms with E-state index in [9.17, 15) is 9.59 Å². The van der Waals surface area contributed by atoms with Crippen LogP contribution in [0.15, 0.2) is 71.9 Å². The number of thioether (sulfide) groups is 1. The molecule has 3 aromatic carbocycles. The van der Waals surface area contributed by atoms with Crippen LogP contribution in [0.25, 0.3) is 0 Å². The number of carbonyl (C=O) groups excluding carboxylic acids is 2. The number of benzene rings is 3. The van der Waals surface area contributed by atoms with Crippen LogP contribution in [-0.4, -0.2) is 60.9 Å². The van der Waals surface area contributed by atoms with Crippen LogP contribution in [0, 0.1) is 20.8 Å². The Morgan fingerprint density at radius 3 is 1.93 bits per heavy atom. The van der Waals surface area contributed by atoms with E-state index in [0.717, 1.165) is 22.5 Å². The van der Waals surface area contributed by atoms with E-state index in [4.69, 9.17) is 18.9 Å². The molecule has 1 heterocycles. The summed E-state index contributed by atoms with van der Waals surface area (Å²) in [6, 6.07) is 19.0. The number of ether oxygens (including phenoxy) is 4. The molecule has 4 rings (SSSR count). The summed E-state index contributed by atoms with van der Waals surface area (Å²) in [7, 11) is 6.09. The summed E-state index contributed by atoms with van der Waals surface area (Å²) in [6.07, 6.45) is 0. The molecule has 0 saturated heterocycles. The number of hydrogen-bond donors (Lipinski definition) is 1. The highest BCUT2D eigenvalue weighted by Gasteiger charge is 2.34. The van der Waals surface area contributed by atoms with E-state index in [-0.39, 0.29) is 18.2 Å². The Balaban J connectivity index is 1.81. The fourth-order valence-electron chi connectivity index (χ4n) is 4.80. The highest BCUT2D eigenvalue weighted by molar-refractivity contribution is 7.99. The van der Waals surface area contributed by atoms with Crippen LogP contribution < -0.4 is 24.3 Å². The quantitative estimate of drug-likeness (QED) is 0.142. The van der Waals surface area contributed by atoms with E-state index in [1.807, 2.05) is 51.1 Å². The Morgan fingerprint density at radius 2 is 1.40 bits per heavy atom. The molecule has 0 fully saturated rings. The lowest BCUT2D eigenvalue weighted by Crippen LogP contribution is -2.42. The summed E-state index contributed by atoms with van der Waals surface area (Å²) >= 11 is 1.22. The van der Waals surface area contributed by atoms with Crippen molar-refractivity contribution in [1.82, 2.24) is 14.9 Å². The SMILES string of the molecule is COc1ccc(NC(=O)[C@@H](c2cc(OC)c(OC)c(OC)c2)N(Cc2ccc(C)cc2)C(=O)CSc2nc(C)cc(C)n2)cc1. The van der Waals surface area contributed by atoms with Gasteiger partial charge in [-0.15, -0.1) is 0 Å². The third kappa shape index (κ3) is 8.45. The van der Waals surface area contributed by atoms with Gasteiger partial charge in [-0.3, -0.25) is 9.59 Å². The first-order chi connectivity index (χ1) is 21.6. The van der Waals surface area contributed by atoms with Crippen LogP contribution in [0.5, 0.6) is 23.0 Å². The predicted molar refractivity (Wildman–Crippen MR) is 174 cm³/mol. The first-order valence-electron chi connectivity index (χ1n) is 14.2. The number of rotatable bonds is 13. The van der Waals surface area contributed by atoms with Crippen molar-refractivity contribution in [2.45, 2.75) is 38.5 Å². The molecule has 2 amide bonds. The predicted octanol–water partition coefficient (Wildman–Crippen LogP) is 5.94. The summed E-state index contributed by atoms with van der Waals surface area (Å²) in [6.45, 7) is 5.92. The van der Waals surface area contributed by atoms with Gasteiger partial charge in [-0.1, -0.05) is 41.6 Å². The molecule has 0 saturated carbocycles. The van der Waals surface area contributed by atoms with E-state index in [1.165, 1.54) is 33.1 Å². The molecule has 0 spiro atoms. The molecule has 1 aromatic heterocycles. The standard InChI is InChI=1S/C34H38N4O6S/c1-21-8-10-24(11-9-21)19-38(30(39)20-45-34-35-22(2)16-23(3)36-34)31(33(40)37-26-12-14-27(41-4)15-13-26)25-17-28(42-5)32(44-7)29(18-25)43-6/h8-18,31H,19-20H2,1-7H3,(H,37,40)/t31-/m1/s1. The van der Waals surface area contributed by atoms with Gasteiger partial charge in [0, 0.05) is 23.6 Å². The van der Waals surface area contributed by atoms with Gasteiger partial charge < -0.3 is 29.2 Å². The van der Waals surface area contributed by atoms with Gasteiger partial charge in [0.05, 0.1) is 34.2 Å². The molecular formula is C34H38N4O6S. The summed E-state index contributed by atoms with van der Waals surface area (Å²) in [5.41, 5.74) is 4.57. The zero-order valence-electron chi connectivity index (χ0n) is 26.5. The number of aromatic nitrogens is 2. The van der Waals surface area contributed by atoms with Gasteiger partial charge in [-0.2, -0.15) is 0 Å². The average molecular weight is 631 g/mol. The van der Waals surface area contributed by atoms with Crippen molar-refractivity contribution in [1.29, 1.82) is 0 Å². The minimum Gasteiger partial charge on any atom is -0.497 e. The van der Waals surface area contributed by atoms with E-state index in [0.29, 0.717) is 39.4 Å². The second-order valence-corrected chi connectivity index (χ2v) is 11.3. The van der Waals surface area contributed by atoms with Crippen LogP contribution in [-0.2, 0) is 16.1 Å². The molecule has 0 unspecified atom stereocenters. The molecule has 1 atom stereocenters. The van der Waals surface area contributed by atoms with E-state index in [2.05, 4.69) is 15.3 Å². The highest BCUT2D eigenvalue weighted by Crippen LogP contribution is 2.41. The Morgan fingerprint density at radius 1 is 0.800 bits per heavy atom. The summed E-state index contributed by atoms with van der Waals surface area (Å²) in [4.78, 5) is 39.0. The third-order valence-electron chi connectivity index (χ3n) is 7.00. The number of nitrogens with zero attached hydrogens (tertiary/aromatic N) is 3. The Labute approximate surface area is 268 Å². The van der Waals surface area contributed by atoms with E-state index < -0.39 is 11.9 Å². The minimum atomic E-state index is -1.09. The Bertz CT molecular complexity index is 1580. The molecule has 45 heavy (non-hydrogen) atoms. The Kier molecular flexibility index (Phi) is 11.3. The maximum absolute atomic E-state index is 14.3. The molecule has 0 radical (unpaired) electrons. The molecule has 11 heteroatoms. The summed E-state index contributed by atoms with van der Waals surface area (Å²) in [5, 5.41) is 3.47. The molecular weight excluding hydrogens is 592 g/mol. The highest BCUT2D eigenvalue weighted by atomic mass is 32.2. The van der Waals surface area contributed by atoms with Crippen molar-refractivity contribution in [3.8, 4) is 23.0 Å². The number of methoxy groups -OCH3 is 4. The molecule has 4 aromatic rings. The zero-order valence-corrected chi connectivity index (χ0v) is 27.4. The number of amides is 2. The molecule has 10 nitrogen and oxygen atoms in total. The second kappa shape index (κ2) is 15.3. The monoisotopic (exact) mass is 630 g/mol. The molecule has 236 valence electrons. The van der Waals surface area contributed by atoms with Gasteiger partial charge in [-0.05, 0) is 74.4 Å². The fourth-order valence-corrected chi connectivity index (χ4v) is 5.63. The summed E-state index contributed by atoms with van der Waals surface area (Å²) < 4.78 is 22.0. The lowest BCUT2D eigenvalue weighted by atomic mass is 10.0. The third-order valence-corrected chi connectivity index (χ3v) is 7.83. The van der Waals surface area contributed by atoms with Crippen LogP contribution in [0.2, 0.25) is 0 Å². The van der Waals surface area contributed by atoms with Crippen LogP contribution in [0.3, 0.4) is 0 Å². The van der Waals surface area contributed by atoms with Gasteiger partial charge in [-0.25, -0.2) is 9.97 Å². The maximum Gasteiger partial charge on any atom is 0.251 e. The molecule has 0 bridgehead atoms. The van der Waals surface area contributed by atoms with Crippen molar-refractivity contribution in [2.75, 3.05) is 39.5 Å². The zero-order chi connectivity index (χ0) is 32.5. The maximum atomic E-state index is 14.3. The van der Waals surface area contributed by atoms with Crippen LogP contribution in [0.4, 0.5) is 5.69 Å². The van der Waals surface area contributed by atoms with Crippen LogP contribution >= 0.6 is 11.8 Å². The van der Waals surface area contributed by atoms with Crippen molar-refractivity contribution in [3.63, 3.8) is 0 Å². The molecule has 0 aliphatic heterocycles. The number of carbonyl (C=O) groups is 2. The largest absolute Gasteiger partial charge is 0.497 e. The average Bonchev–Trinajstić information content (AvgIpc) is 3.03. The van der Waals surface area contributed by atoms with Crippen molar-refractivity contribution < 1.29 is 28.5 Å². The van der Waals surface area contributed by atoms with Gasteiger partial charge in [0.1, 0.15) is 11.8 Å². The van der Waals surface area contributed by atoms with E-state index in [1.54, 1.807) is 48.4 Å². The van der Waals surface area contributed by atoms with Gasteiger partial charge in [0.25, 0.3) is 5.91 Å². The first-order valence-corrected chi connectivity index (χ1v) is 15.2. The number of anilines is 1. The number of aryl methyl sites for hydroxylation is 3. The van der Waals surface area contributed by atoms with Gasteiger partial charge in [0.15, 0.2) is 16.7 Å². The summed E-state index contributed by atoms with van der Waals surface area (Å²) in [5.74, 6) is 1.03. The molecule has 1 N–H and O–H groups in total. The van der Waals surface area contributed by atoms with Gasteiger partial charge >= 0.3 is 0 Å². The van der Waals surface area contributed by atoms with Crippen LogP contribution in [0.1, 0.15) is 34.1 Å². The molecule has 0 aliphatic rings. The first kappa shape index (κ1) is 33.1. The topological polar surface area (TPSA) is 112 Å². The number of hydrogen-bond acceptors (Lipinski definition) is 9. The number of nitrogens with one attached hydrogen (secondary N) is 1. The second-order valence-electron chi connectivity index (χ2n) is 10.3. The van der Waals surface area contributed by atoms with Gasteiger partial charge in [0.2, 0.25) is 11.7 Å². The Hall–Kier alpha value is -4.77. The normalized spacial score (nSPS) is 11.4. The fraction of sp³-hybridized carbons (Fsp3) is 0.294. The van der Waals surface area contributed by atoms with Crippen molar-refractivity contribution >= 4 is 29.3 Å². The van der Waals surface area contributed by atoms with Crippen molar-refractivity contribution in [3.05, 3.63) is 94.8 Å². The lowest BCUT2D eigenvalue weighted by Gasteiger charge is -2.32. The van der Waals surface area contributed by atoms with Crippen molar-refractivity contribution in [2.24, 2.45) is 0 Å².